The van der Waals surface area contributed by atoms with E-state index in [1.54, 1.807) is 17.3 Å². The Morgan fingerprint density at radius 2 is 1.88 bits per heavy atom. The molecule has 1 heterocycles. The summed E-state index contributed by atoms with van der Waals surface area (Å²) in [5.74, 6) is -0.0502. The number of amides is 1. The minimum atomic E-state index is -0.0502. The van der Waals surface area contributed by atoms with E-state index >= 15 is 0 Å². The fourth-order valence-electron chi connectivity index (χ4n) is 2.78. The minimum absolute atomic E-state index is 0.0125. The highest BCUT2D eigenvalue weighted by Crippen LogP contribution is 2.29. The molecule has 0 saturated heterocycles. The average molecular weight is 325 g/mol. The molecule has 0 bridgehead atoms. The molecular formula is C19H23N3O2. The molecule has 1 N–H and O–H groups in total. The second-order valence-electron chi connectivity index (χ2n) is 6.36. The molecule has 0 atom stereocenters. The lowest BCUT2D eigenvalue weighted by Gasteiger charge is -2.21. The zero-order valence-corrected chi connectivity index (χ0v) is 14.1. The van der Waals surface area contributed by atoms with Crippen molar-refractivity contribution in [1.82, 2.24) is 9.88 Å². The first-order chi connectivity index (χ1) is 11.6. The van der Waals surface area contributed by atoms with Gasteiger partial charge in [-0.2, -0.15) is 0 Å². The van der Waals surface area contributed by atoms with E-state index in [4.69, 9.17) is 0 Å². The number of aromatic nitrogens is 1. The predicted octanol–water partition coefficient (Wildman–Crippen LogP) is 2.41. The van der Waals surface area contributed by atoms with E-state index in [2.05, 4.69) is 4.98 Å². The highest BCUT2D eigenvalue weighted by Gasteiger charge is 2.32. The molecule has 1 saturated carbocycles. The van der Waals surface area contributed by atoms with Crippen molar-refractivity contribution in [2.24, 2.45) is 0 Å². The molecule has 0 aliphatic heterocycles. The number of pyridine rings is 1. The van der Waals surface area contributed by atoms with Crippen LogP contribution >= 0.6 is 0 Å². The molecule has 1 amide bonds. The Bertz CT molecular complexity index is 709. The monoisotopic (exact) mass is 325 g/mol. The molecule has 2 aromatic rings. The van der Waals surface area contributed by atoms with E-state index in [9.17, 15) is 9.90 Å². The maximum absolute atomic E-state index is 12.7. The van der Waals surface area contributed by atoms with Gasteiger partial charge in [-0.15, -0.1) is 0 Å². The number of aliphatic hydroxyl groups excluding tert-OH is 1. The SMILES string of the molecule is CN(C)c1ccc(-c2cncc(C(=O)N(CCO)C3CC3)c2)cc1. The van der Waals surface area contributed by atoms with Crippen molar-refractivity contribution in [2.45, 2.75) is 18.9 Å². The van der Waals surface area contributed by atoms with Crippen LogP contribution < -0.4 is 4.90 Å². The van der Waals surface area contributed by atoms with Crippen molar-refractivity contribution in [1.29, 1.82) is 0 Å². The summed E-state index contributed by atoms with van der Waals surface area (Å²) in [6.45, 7) is 0.368. The first-order valence-corrected chi connectivity index (χ1v) is 8.25. The fourth-order valence-corrected chi connectivity index (χ4v) is 2.78. The van der Waals surface area contributed by atoms with Crippen LogP contribution in [0.3, 0.4) is 0 Å². The zero-order chi connectivity index (χ0) is 17.1. The number of benzene rings is 1. The third-order valence-electron chi connectivity index (χ3n) is 4.29. The van der Waals surface area contributed by atoms with Gasteiger partial charge in [0.25, 0.3) is 5.91 Å². The van der Waals surface area contributed by atoms with Gasteiger partial charge in [-0.3, -0.25) is 9.78 Å². The third-order valence-corrected chi connectivity index (χ3v) is 4.29. The summed E-state index contributed by atoms with van der Waals surface area (Å²) in [5, 5.41) is 9.20. The lowest BCUT2D eigenvalue weighted by atomic mass is 10.0. The summed E-state index contributed by atoms with van der Waals surface area (Å²) in [5.41, 5.74) is 3.65. The van der Waals surface area contributed by atoms with Gasteiger partial charge in [0, 0.05) is 50.3 Å². The Balaban J connectivity index is 1.84. The van der Waals surface area contributed by atoms with E-state index in [-0.39, 0.29) is 18.6 Å². The normalized spacial score (nSPS) is 13.6. The molecule has 126 valence electrons. The molecule has 3 rings (SSSR count). The number of anilines is 1. The maximum atomic E-state index is 12.7. The second-order valence-corrected chi connectivity index (χ2v) is 6.36. The topological polar surface area (TPSA) is 56.7 Å². The van der Waals surface area contributed by atoms with Crippen LogP contribution in [0.25, 0.3) is 11.1 Å². The van der Waals surface area contributed by atoms with Crippen LogP contribution in [0.5, 0.6) is 0 Å². The Morgan fingerprint density at radius 3 is 2.46 bits per heavy atom. The van der Waals surface area contributed by atoms with Crippen LogP contribution in [0.4, 0.5) is 5.69 Å². The van der Waals surface area contributed by atoms with E-state index < -0.39 is 0 Å². The molecule has 5 nitrogen and oxygen atoms in total. The number of aliphatic hydroxyl groups is 1. The maximum Gasteiger partial charge on any atom is 0.255 e. The number of hydrogen-bond acceptors (Lipinski definition) is 4. The molecule has 0 unspecified atom stereocenters. The molecule has 1 aliphatic rings. The van der Waals surface area contributed by atoms with Gasteiger partial charge in [0.05, 0.1) is 12.2 Å². The van der Waals surface area contributed by atoms with Crippen LogP contribution in [0.1, 0.15) is 23.2 Å². The number of rotatable bonds is 6. The minimum Gasteiger partial charge on any atom is -0.395 e. The Morgan fingerprint density at radius 1 is 1.17 bits per heavy atom. The van der Waals surface area contributed by atoms with E-state index in [1.807, 2.05) is 49.3 Å². The van der Waals surface area contributed by atoms with Gasteiger partial charge < -0.3 is 14.9 Å². The highest BCUT2D eigenvalue weighted by atomic mass is 16.3. The summed E-state index contributed by atoms with van der Waals surface area (Å²) in [4.78, 5) is 20.8. The third kappa shape index (κ3) is 3.57. The smallest absolute Gasteiger partial charge is 0.255 e. The summed E-state index contributed by atoms with van der Waals surface area (Å²) in [6.07, 6.45) is 5.41. The van der Waals surface area contributed by atoms with Gasteiger partial charge in [0.1, 0.15) is 0 Å². The molecule has 24 heavy (non-hydrogen) atoms. The standard InChI is InChI=1S/C19H23N3O2/c1-21(2)17-5-3-14(4-6-17)15-11-16(13-20-12-15)19(24)22(9-10-23)18-7-8-18/h3-6,11-13,18,23H,7-10H2,1-2H3. The summed E-state index contributed by atoms with van der Waals surface area (Å²) >= 11 is 0. The van der Waals surface area contributed by atoms with Crippen LogP contribution in [-0.2, 0) is 0 Å². The lowest BCUT2D eigenvalue weighted by Crippen LogP contribution is -2.35. The Labute approximate surface area is 142 Å². The zero-order valence-electron chi connectivity index (χ0n) is 14.1. The molecule has 1 fully saturated rings. The van der Waals surface area contributed by atoms with Crippen molar-refractivity contribution in [3.05, 3.63) is 48.3 Å². The molecule has 1 aromatic heterocycles. The lowest BCUT2D eigenvalue weighted by molar-refractivity contribution is 0.0707. The molecular weight excluding hydrogens is 302 g/mol. The van der Waals surface area contributed by atoms with Gasteiger partial charge in [0.2, 0.25) is 0 Å². The first-order valence-electron chi connectivity index (χ1n) is 8.25. The molecule has 1 aliphatic carbocycles. The Hall–Kier alpha value is -2.40. The van der Waals surface area contributed by atoms with Gasteiger partial charge in [-0.25, -0.2) is 0 Å². The number of nitrogens with zero attached hydrogens (tertiary/aromatic N) is 3. The second kappa shape index (κ2) is 7.01. The van der Waals surface area contributed by atoms with Crippen molar-refractivity contribution < 1.29 is 9.90 Å². The van der Waals surface area contributed by atoms with Gasteiger partial charge >= 0.3 is 0 Å². The number of hydrogen-bond donors (Lipinski definition) is 1. The van der Waals surface area contributed by atoms with Crippen molar-refractivity contribution >= 4 is 11.6 Å². The molecule has 0 spiro atoms. The predicted molar refractivity (Wildman–Crippen MR) is 95.1 cm³/mol. The van der Waals surface area contributed by atoms with E-state index in [1.165, 1.54) is 0 Å². The van der Waals surface area contributed by atoms with Gasteiger partial charge in [-0.05, 0) is 36.6 Å². The molecule has 1 aromatic carbocycles. The van der Waals surface area contributed by atoms with Crippen LogP contribution in [0, 0.1) is 0 Å². The van der Waals surface area contributed by atoms with Crippen molar-refractivity contribution in [2.75, 3.05) is 32.1 Å². The largest absolute Gasteiger partial charge is 0.395 e. The first kappa shape index (κ1) is 16.5. The van der Waals surface area contributed by atoms with Crippen molar-refractivity contribution in [3.8, 4) is 11.1 Å². The Kier molecular flexibility index (Phi) is 4.81. The summed E-state index contributed by atoms with van der Waals surface area (Å²) in [7, 11) is 4.01. The van der Waals surface area contributed by atoms with E-state index in [0.717, 1.165) is 29.7 Å². The summed E-state index contributed by atoms with van der Waals surface area (Å²) in [6, 6.07) is 10.3. The summed E-state index contributed by atoms with van der Waals surface area (Å²) < 4.78 is 0. The number of carbonyl (C=O) groups excluding carboxylic acids is 1. The van der Waals surface area contributed by atoms with Crippen LogP contribution in [0.2, 0.25) is 0 Å². The molecule has 5 heteroatoms. The van der Waals surface area contributed by atoms with Gasteiger partial charge in [-0.1, -0.05) is 12.1 Å². The number of carbonyl (C=O) groups is 1. The highest BCUT2D eigenvalue weighted by molar-refractivity contribution is 5.95. The fraction of sp³-hybridized carbons (Fsp3) is 0.368. The van der Waals surface area contributed by atoms with Crippen LogP contribution in [-0.4, -0.2) is 54.2 Å². The van der Waals surface area contributed by atoms with Crippen molar-refractivity contribution in [3.63, 3.8) is 0 Å². The van der Waals surface area contributed by atoms with Gasteiger partial charge in [0.15, 0.2) is 0 Å². The molecule has 0 radical (unpaired) electrons. The van der Waals surface area contributed by atoms with E-state index in [0.29, 0.717) is 12.1 Å². The van der Waals surface area contributed by atoms with Crippen LogP contribution in [0.15, 0.2) is 42.7 Å². The average Bonchev–Trinajstić information content (AvgIpc) is 3.44. The quantitative estimate of drug-likeness (QED) is 0.886.